The number of nitrogens with two attached hydrogens (primary N) is 1. The average molecular weight is 271 g/mol. The Morgan fingerprint density at radius 2 is 2.11 bits per heavy atom. The zero-order valence-corrected chi connectivity index (χ0v) is 12.2. The number of anilines is 1. The van der Waals surface area contributed by atoms with Gasteiger partial charge in [-0.3, -0.25) is 0 Å². The molecule has 19 heavy (non-hydrogen) atoms. The van der Waals surface area contributed by atoms with Crippen LogP contribution >= 0.6 is 11.8 Å². The number of fused-ring (bicyclic) bond motifs is 2. The normalized spacial score (nSPS) is 20.8. The molecule has 2 aliphatic rings. The monoisotopic (exact) mass is 271 g/mol. The molecule has 1 unspecified atom stereocenters. The van der Waals surface area contributed by atoms with E-state index in [4.69, 9.17) is 10.7 Å². The smallest absolute Gasteiger partial charge is 0.0778 e. The van der Waals surface area contributed by atoms with Crippen molar-refractivity contribution in [3.8, 4) is 0 Å². The minimum absolute atomic E-state index is 0.0139. The molecular formula is C15H17N3S. The van der Waals surface area contributed by atoms with Crippen LogP contribution in [0.15, 0.2) is 50.7 Å². The third-order valence-electron chi connectivity index (χ3n) is 3.39. The summed E-state index contributed by atoms with van der Waals surface area (Å²) in [6, 6.07) is 6.38. The quantitative estimate of drug-likeness (QED) is 0.853. The Morgan fingerprint density at radius 1 is 1.32 bits per heavy atom. The molecule has 0 bridgehead atoms. The zero-order chi connectivity index (χ0) is 13.6. The standard InChI is InChI=1S/C15H17N3S/c1-9-6-13-15(8-11(9)16)19-14-7-10(18(2)3)4-5-12(14)17-13/h4-8,11H,16H2,1-3H3. The SMILES string of the molecule is CC1=CC2=Nc3ccc(N(C)C)cc3SC2=CC1N. The summed E-state index contributed by atoms with van der Waals surface area (Å²) in [4.78, 5) is 9.20. The van der Waals surface area contributed by atoms with E-state index >= 15 is 0 Å². The van der Waals surface area contributed by atoms with Crippen LogP contribution < -0.4 is 10.6 Å². The van der Waals surface area contributed by atoms with E-state index in [9.17, 15) is 0 Å². The van der Waals surface area contributed by atoms with E-state index in [0.717, 1.165) is 17.0 Å². The van der Waals surface area contributed by atoms with Crippen LogP contribution in [0.2, 0.25) is 0 Å². The summed E-state index contributed by atoms with van der Waals surface area (Å²) >= 11 is 1.76. The van der Waals surface area contributed by atoms with Gasteiger partial charge >= 0.3 is 0 Å². The average Bonchev–Trinajstić information content (AvgIpc) is 2.37. The molecule has 4 heteroatoms. The first-order valence-corrected chi connectivity index (χ1v) is 7.10. The van der Waals surface area contributed by atoms with Crippen molar-refractivity contribution < 1.29 is 0 Å². The van der Waals surface area contributed by atoms with E-state index < -0.39 is 0 Å². The van der Waals surface area contributed by atoms with Crippen molar-refractivity contribution in [3.05, 3.63) is 40.8 Å². The van der Waals surface area contributed by atoms with Crippen molar-refractivity contribution in [3.63, 3.8) is 0 Å². The highest BCUT2D eigenvalue weighted by Gasteiger charge is 2.22. The first-order chi connectivity index (χ1) is 9.04. The van der Waals surface area contributed by atoms with Gasteiger partial charge in [-0.2, -0.15) is 0 Å². The lowest BCUT2D eigenvalue weighted by Gasteiger charge is -2.24. The highest BCUT2D eigenvalue weighted by molar-refractivity contribution is 8.04. The van der Waals surface area contributed by atoms with Crippen molar-refractivity contribution in [1.82, 2.24) is 0 Å². The van der Waals surface area contributed by atoms with Crippen LogP contribution in [0.1, 0.15) is 6.92 Å². The van der Waals surface area contributed by atoms with Gasteiger partial charge in [-0.1, -0.05) is 17.3 Å². The van der Waals surface area contributed by atoms with Crippen LogP contribution in [0.3, 0.4) is 0 Å². The molecule has 1 aliphatic heterocycles. The number of benzene rings is 1. The Morgan fingerprint density at radius 3 is 2.84 bits per heavy atom. The molecule has 0 radical (unpaired) electrons. The topological polar surface area (TPSA) is 41.6 Å². The molecule has 1 atom stereocenters. The second-order valence-corrected chi connectivity index (χ2v) is 6.17. The minimum Gasteiger partial charge on any atom is -0.378 e. The summed E-state index contributed by atoms with van der Waals surface area (Å²) in [5, 5.41) is 0. The van der Waals surface area contributed by atoms with Crippen LogP contribution in [-0.2, 0) is 0 Å². The van der Waals surface area contributed by atoms with Crippen LogP contribution in [0, 0.1) is 0 Å². The van der Waals surface area contributed by atoms with Crippen LogP contribution in [0.5, 0.6) is 0 Å². The number of rotatable bonds is 1. The van der Waals surface area contributed by atoms with Crippen molar-refractivity contribution in [1.29, 1.82) is 0 Å². The molecule has 1 aromatic rings. The lowest BCUT2D eigenvalue weighted by atomic mass is 10.0. The Bertz CT molecular complexity index is 626. The molecule has 2 N–H and O–H groups in total. The molecule has 1 heterocycles. The van der Waals surface area contributed by atoms with Gasteiger partial charge in [0.05, 0.1) is 11.4 Å². The van der Waals surface area contributed by atoms with Gasteiger partial charge in [-0.05, 0) is 37.3 Å². The van der Waals surface area contributed by atoms with Crippen LogP contribution in [0.25, 0.3) is 0 Å². The summed E-state index contributed by atoms with van der Waals surface area (Å²) in [5.74, 6) is 0. The molecule has 0 fully saturated rings. The van der Waals surface area contributed by atoms with Gasteiger partial charge in [-0.25, -0.2) is 4.99 Å². The Labute approximate surface area is 117 Å². The molecule has 0 saturated heterocycles. The Hall–Kier alpha value is -1.52. The van der Waals surface area contributed by atoms with Gasteiger partial charge in [0.2, 0.25) is 0 Å². The summed E-state index contributed by atoms with van der Waals surface area (Å²) < 4.78 is 0. The van der Waals surface area contributed by atoms with Crippen molar-refractivity contribution in [2.75, 3.05) is 19.0 Å². The van der Waals surface area contributed by atoms with Gasteiger partial charge in [0, 0.05) is 35.6 Å². The number of hydrogen-bond acceptors (Lipinski definition) is 4. The first kappa shape index (κ1) is 12.5. The predicted octanol–water partition coefficient (Wildman–Crippen LogP) is 3.10. The molecule has 98 valence electrons. The molecule has 0 amide bonds. The van der Waals surface area contributed by atoms with Gasteiger partial charge in [0.15, 0.2) is 0 Å². The van der Waals surface area contributed by atoms with Crippen molar-refractivity contribution >= 4 is 28.8 Å². The molecule has 0 aromatic heterocycles. The molecule has 1 aliphatic carbocycles. The number of aliphatic imine (C=N–C) groups is 1. The summed E-state index contributed by atoms with van der Waals surface area (Å²) in [7, 11) is 4.09. The van der Waals surface area contributed by atoms with E-state index in [-0.39, 0.29) is 6.04 Å². The maximum absolute atomic E-state index is 6.06. The first-order valence-electron chi connectivity index (χ1n) is 6.28. The number of allylic oxidation sites excluding steroid dienone is 2. The fraction of sp³-hybridized carbons (Fsp3) is 0.267. The van der Waals surface area contributed by atoms with Gasteiger partial charge in [0.1, 0.15) is 0 Å². The van der Waals surface area contributed by atoms with Gasteiger partial charge < -0.3 is 10.6 Å². The molecule has 3 nitrogen and oxygen atoms in total. The Kier molecular flexibility index (Phi) is 2.99. The van der Waals surface area contributed by atoms with Gasteiger partial charge in [0.25, 0.3) is 0 Å². The lowest BCUT2D eigenvalue weighted by Crippen LogP contribution is -2.24. The van der Waals surface area contributed by atoms with E-state index in [1.54, 1.807) is 11.8 Å². The predicted molar refractivity (Wildman–Crippen MR) is 83.5 cm³/mol. The summed E-state index contributed by atoms with van der Waals surface area (Å²) in [5.41, 5.74) is 10.5. The highest BCUT2D eigenvalue weighted by atomic mass is 32.2. The number of hydrogen-bond donors (Lipinski definition) is 1. The maximum atomic E-state index is 6.06. The van der Waals surface area contributed by atoms with E-state index in [1.165, 1.54) is 15.5 Å². The van der Waals surface area contributed by atoms with E-state index in [1.807, 2.05) is 14.1 Å². The van der Waals surface area contributed by atoms with Crippen molar-refractivity contribution in [2.45, 2.75) is 17.9 Å². The fourth-order valence-corrected chi connectivity index (χ4v) is 3.20. The molecule has 0 spiro atoms. The second-order valence-electron chi connectivity index (χ2n) is 5.09. The molecule has 1 aromatic carbocycles. The third-order valence-corrected chi connectivity index (χ3v) is 4.51. The number of nitrogens with zero attached hydrogens (tertiary/aromatic N) is 2. The Balaban J connectivity index is 2.06. The summed E-state index contributed by atoms with van der Waals surface area (Å²) in [6.07, 6.45) is 4.19. The minimum atomic E-state index is 0.0139. The molecular weight excluding hydrogens is 254 g/mol. The van der Waals surface area contributed by atoms with Crippen LogP contribution in [-0.4, -0.2) is 25.8 Å². The lowest BCUT2D eigenvalue weighted by molar-refractivity contribution is 0.943. The maximum Gasteiger partial charge on any atom is 0.0778 e. The second kappa shape index (κ2) is 4.54. The summed E-state index contributed by atoms with van der Waals surface area (Å²) in [6.45, 7) is 2.05. The van der Waals surface area contributed by atoms with E-state index in [2.05, 4.69) is 42.2 Å². The van der Waals surface area contributed by atoms with Crippen LogP contribution in [0.4, 0.5) is 11.4 Å². The highest BCUT2D eigenvalue weighted by Crippen LogP contribution is 2.43. The zero-order valence-electron chi connectivity index (χ0n) is 11.3. The fourth-order valence-electron chi connectivity index (χ4n) is 2.14. The van der Waals surface area contributed by atoms with E-state index in [0.29, 0.717) is 0 Å². The van der Waals surface area contributed by atoms with Gasteiger partial charge in [-0.15, -0.1) is 0 Å². The molecule has 0 saturated carbocycles. The largest absolute Gasteiger partial charge is 0.378 e. The third kappa shape index (κ3) is 2.22. The number of thioether (sulfide) groups is 1. The molecule has 3 rings (SSSR count). The van der Waals surface area contributed by atoms with Crippen molar-refractivity contribution in [2.24, 2.45) is 10.7 Å².